The summed E-state index contributed by atoms with van der Waals surface area (Å²) in [4.78, 5) is 11.2. The molecule has 0 saturated carbocycles. The first-order valence-electron chi connectivity index (χ1n) is 4.90. The van der Waals surface area contributed by atoms with Crippen molar-refractivity contribution in [2.45, 2.75) is 19.4 Å². The zero-order valence-corrected chi connectivity index (χ0v) is 9.63. The molecule has 2 N–H and O–H groups in total. The maximum atomic E-state index is 13.0. The molecular weight excluding hydrogens is 233 g/mol. The second kappa shape index (κ2) is 5.82. The summed E-state index contributed by atoms with van der Waals surface area (Å²) in [5, 5.41) is 0.283. The van der Waals surface area contributed by atoms with Crippen LogP contribution in [0.25, 0.3) is 0 Å². The number of nitrogens with two attached hydrogens (primary N) is 1. The maximum Gasteiger partial charge on any atom is 0.323 e. The van der Waals surface area contributed by atoms with Gasteiger partial charge in [0.15, 0.2) is 0 Å². The Balaban J connectivity index is 2.69. The minimum Gasteiger partial charge on any atom is -0.465 e. The van der Waals surface area contributed by atoms with Gasteiger partial charge in [-0.3, -0.25) is 4.79 Å². The first kappa shape index (κ1) is 12.9. The monoisotopic (exact) mass is 245 g/mol. The predicted molar refractivity (Wildman–Crippen MR) is 59.7 cm³/mol. The zero-order chi connectivity index (χ0) is 12.1. The van der Waals surface area contributed by atoms with E-state index in [-0.39, 0.29) is 18.1 Å². The van der Waals surface area contributed by atoms with Crippen LogP contribution in [0.1, 0.15) is 12.5 Å². The van der Waals surface area contributed by atoms with Crippen LogP contribution >= 0.6 is 11.6 Å². The van der Waals surface area contributed by atoms with Crippen molar-refractivity contribution < 1.29 is 13.9 Å². The van der Waals surface area contributed by atoms with Crippen molar-refractivity contribution in [2.24, 2.45) is 5.73 Å². The van der Waals surface area contributed by atoms with Crippen LogP contribution in [0.5, 0.6) is 0 Å². The molecule has 5 heteroatoms. The summed E-state index contributed by atoms with van der Waals surface area (Å²) in [6.45, 7) is 1.97. The Morgan fingerprint density at radius 1 is 1.56 bits per heavy atom. The lowest BCUT2D eigenvalue weighted by molar-refractivity contribution is -0.144. The topological polar surface area (TPSA) is 52.3 Å². The first-order chi connectivity index (χ1) is 7.52. The minimum atomic E-state index is -0.794. The predicted octanol–water partition coefficient (Wildman–Crippen LogP) is 1.91. The van der Waals surface area contributed by atoms with Crippen LogP contribution < -0.4 is 5.73 Å². The van der Waals surface area contributed by atoms with E-state index >= 15 is 0 Å². The molecule has 0 saturated heterocycles. The molecular formula is C11H13ClFNO2. The average Bonchev–Trinajstić information content (AvgIpc) is 2.16. The van der Waals surface area contributed by atoms with E-state index in [1.807, 2.05) is 0 Å². The third kappa shape index (κ3) is 3.79. The van der Waals surface area contributed by atoms with E-state index in [1.54, 1.807) is 13.0 Å². The minimum absolute atomic E-state index is 0.205. The van der Waals surface area contributed by atoms with E-state index in [1.165, 1.54) is 12.1 Å². The fraction of sp³-hybridized carbons (Fsp3) is 0.364. The second-order valence-corrected chi connectivity index (χ2v) is 3.78. The summed E-state index contributed by atoms with van der Waals surface area (Å²) < 4.78 is 17.7. The van der Waals surface area contributed by atoms with Crippen molar-refractivity contribution in [1.29, 1.82) is 0 Å². The number of rotatable bonds is 4. The molecule has 88 valence electrons. The van der Waals surface area contributed by atoms with E-state index in [0.717, 1.165) is 0 Å². The van der Waals surface area contributed by atoms with Gasteiger partial charge < -0.3 is 10.5 Å². The summed E-state index contributed by atoms with van der Waals surface area (Å²) in [6.07, 6.45) is 0.205. The molecule has 0 heterocycles. The highest BCUT2D eigenvalue weighted by atomic mass is 35.5. The average molecular weight is 246 g/mol. The summed E-state index contributed by atoms with van der Waals surface area (Å²) in [7, 11) is 0. The largest absolute Gasteiger partial charge is 0.465 e. The Morgan fingerprint density at radius 3 is 2.81 bits per heavy atom. The van der Waals surface area contributed by atoms with Crippen LogP contribution in [0.15, 0.2) is 18.2 Å². The Kier molecular flexibility index (Phi) is 4.71. The third-order valence-electron chi connectivity index (χ3n) is 1.97. The van der Waals surface area contributed by atoms with Crippen LogP contribution in [-0.2, 0) is 16.0 Å². The lowest BCUT2D eigenvalue weighted by Gasteiger charge is -2.10. The van der Waals surface area contributed by atoms with Crippen LogP contribution in [0, 0.1) is 5.82 Å². The van der Waals surface area contributed by atoms with Gasteiger partial charge in [0.2, 0.25) is 0 Å². The number of ether oxygens (including phenoxy) is 1. The van der Waals surface area contributed by atoms with Gasteiger partial charge in [0.05, 0.1) is 6.61 Å². The molecule has 1 aromatic carbocycles. The number of esters is 1. The molecule has 0 aromatic heterocycles. The SMILES string of the molecule is CCOC(=O)C(N)Cc1cc(F)cc(Cl)c1. The summed E-state index contributed by atoms with van der Waals surface area (Å²) in [5.41, 5.74) is 6.17. The highest BCUT2D eigenvalue weighted by Gasteiger charge is 2.15. The molecule has 1 atom stereocenters. The second-order valence-electron chi connectivity index (χ2n) is 3.34. The summed E-state index contributed by atoms with van der Waals surface area (Å²) in [6, 6.07) is 3.27. The Bertz CT molecular complexity index is 364. The standard InChI is InChI=1S/C11H13ClFNO2/c1-2-16-11(15)10(14)5-7-3-8(12)6-9(13)4-7/h3-4,6,10H,2,5,14H2,1H3. The van der Waals surface area contributed by atoms with Crippen molar-refractivity contribution in [1.82, 2.24) is 0 Å². The number of carbonyl (C=O) groups excluding carboxylic acids is 1. The Morgan fingerprint density at radius 2 is 2.25 bits per heavy atom. The van der Waals surface area contributed by atoms with Crippen molar-refractivity contribution in [3.63, 3.8) is 0 Å². The molecule has 0 aliphatic rings. The fourth-order valence-electron chi connectivity index (χ4n) is 1.32. The van der Waals surface area contributed by atoms with Gasteiger partial charge in [-0.15, -0.1) is 0 Å². The molecule has 0 spiro atoms. The third-order valence-corrected chi connectivity index (χ3v) is 2.19. The van der Waals surface area contributed by atoms with Gasteiger partial charge in [-0.2, -0.15) is 0 Å². The maximum absolute atomic E-state index is 13.0. The quantitative estimate of drug-likeness (QED) is 0.825. The Labute approximate surface area is 98.3 Å². The van der Waals surface area contributed by atoms with E-state index in [2.05, 4.69) is 0 Å². The zero-order valence-electron chi connectivity index (χ0n) is 8.87. The number of carbonyl (C=O) groups is 1. The van der Waals surface area contributed by atoms with Gasteiger partial charge in [-0.1, -0.05) is 11.6 Å². The molecule has 0 aliphatic carbocycles. The lowest BCUT2D eigenvalue weighted by Crippen LogP contribution is -2.34. The van der Waals surface area contributed by atoms with E-state index in [0.29, 0.717) is 5.56 Å². The van der Waals surface area contributed by atoms with Gasteiger partial charge in [-0.25, -0.2) is 4.39 Å². The van der Waals surface area contributed by atoms with E-state index < -0.39 is 17.8 Å². The molecule has 16 heavy (non-hydrogen) atoms. The van der Waals surface area contributed by atoms with Crippen LogP contribution in [-0.4, -0.2) is 18.6 Å². The van der Waals surface area contributed by atoms with Crippen molar-refractivity contribution in [3.05, 3.63) is 34.6 Å². The molecule has 0 radical (unpaired) electrons. The van der Waals surface area contributed by atoms with Crippen molar-refractivity contribution in [3.8, 4) is 0 Å². The molecule has 1 rings (SSSR count). The van der Waals surface area contributed by atoms with E-state index in [4.69, 9.17) is 22.1 Å². The molecule has 0 bridgehead atoms. The number of hydrogen-bond donors (Lipinski definition) is 1. The molecule has 0 amide bonds. The fourth-order valence-corrected chi connectivity index (χ4v) is 1.56. The number of halogens is 2. The normalized spacial score (nSPS) is 12.2. The van der Waals surface area contributed by atoms with Gasteiger partial charge in [0.1, 0.15) is 11.9 Å². The van der Waals surface area contributed by atoms with Crippen molar-refractivity contribution in [2.75, 3.05) is 6.61 Å². The van der Waals surface area contributed by atoms with Gasteiger partial charge in [-0.05, 0) is 37.1 Å². The highest BCUT2D eigenvalue weighted by Crippen LogP contribution is 2.15. The first-order valence-corrected chi connectivity index (χ1v) is 5.28. The van der Waals surface area contributed by atoms with Gasteiger partial charge >= 0.3 is 5.97 Å². The smallest absolute Gasteiger partial charge is 0.323 e. The van der Waals surface area contributed by atoms with E-state index in [9.17, 15) is 9.18 Å². The highest BCUT2D eigenvalue weighted by molar-refractivity contribution is 6.30. The number of hydrogen-bond acceptors (Lipinski definition) is 3. The van der Waals surface area contributed by atoms with Crippen LogP contribution in [0.4, 0.5) is 4.39 Å². The number of benzene rings is 1. The molecule has 3 nitrogen and oxygen atoms in total. The summed E-state index contributed by atoms with van der Waals surface area (Å²) >= 11 is 5.68. The van der Waals surface area contributed by atoms with Gasteiger partial charge in [0, 0.05) is 5.02 Å². The molecule has 0 fully saturated rings. The van der Waals surface area contributed by atoms with Gasteiger partial charge in [0.25, 0.3) is 0 Å². The lowest BCUT2D eigenvalue weighted by atomic mass is 10.1. The Hall–Kier alpha value is -1.13. The summed E-state index contributed by atoms with van der Waals surface area (Å²) in [5.74, 6) is -0.943. The molecule has 0 aliphatic heterocycles. The molecule has 1 unspecified atom stereocenters. The van der Waals surface area contributed by atoms with Crippen molar-refractivity contribution >= 4 is 17.6 Å². The molecule has 1 aromatic rings. The van der Waals surface area contributed by atoms with Crippen LogP contribution in [0.3, 0.4) is 0 Å². The van der Waals surface area contributed by atoms with Crippen LogP contribution in [0.2, 0.25) is 5.02 Å².